The Kier molecular flexibility index (Phi) is 7.08. The molecule has 1 aromatic carbocycles. The van der Waals surface area contributed by atoms with E-state index in [0.29, 0.717) is 0 Å². The summed E-state index contributed by atoms with van der Waals surface area (Å²) in [7, 11) is 5.57. The fraction of sp³-hybridized carbons (Fsp3) is 0.222. The van der Waals surface area contributed by atoms with E-state index in [4.69, 9.17) is 4.74 Å². The maximum absolute atomic E-state index is 5.10. The topological polar surface area (TPSA) is 9.23 Å². The Labute approximate surface area is 98.8 Å². The zero-order valence-corrected chi connectivity index (χ0v) is 10.2. The molecule has 1 aromatic rings. The van der Waals surface area contributed by atoms with Gasteiger partial charge in [0, 0.05) is 0 Å². The minimum atomic E-state index is -0.125. The largest absolute Gasteiger partial charge is 1.00 e. The molecule has 0 aromatic heterocycles. The molecule has 1 rings (SSSR count). The quantitative estimate of drug-likeness (QED) is 0.463. The van der Waals surface area contributed by atoms with Crippen molar-refractivity contribution >= 4 is 8.70 Å². The third-order valence-corrected chi connectivity index (χ3v) is 1.69. The Bertz CT molecular complexity index is 260. The number of hydrogen-bond acceptors (Lipinski definition) is 1. The standard InChI is InChI=1S/C9H9OP.Na.H/c1-10-9(7-11)8-5-3-2-4-6-8;;/h2-6,9H,1H3;;/q;+1;-1. The van der Waals surface area contributed by atoms with Gasteiger partial charge in [-0.3, -0.25) is 0 Å². The first kappa shape index (κ1) is 12.4. The molecular formula is C9H10NaOP. The fourth-order valence-electron chi connectivity index (χ4n) is 0.891. The Hall–Kier alpha value is 0.390. The van der Waals surface area contributed by atoms with Crippen LogP contribution in [0.3, 0.4) is 0 Å². The monoisotopic (exact) mass is 188 g/mol. The van der Waals surface area contributed by atoms with E-state index in [-0.39, 0.29) is 37.1 Å². The summed E-state index contributed by atoms with van der Waals surface area (Å²) in [6.45, 7) is 0. The van der Waals surface area contributed by atoms with E-state index >= 15 is 0 Å². The smallest absolute Gasteiger partial charge is 1.00 e. The Morgan fingerprint density at radius 2 is 2.00 bits per heavy atom. The van der Waals surface area contributed by atoms with Crippen LogP contribution in [0.2, 0.25) is 0 Å². The summed E-state index contributed by atoms with van der Waals surface area (Å²) >= 11 is 0. The molecule has 12 heavy (non-hydrogen) atoms. The molecule has 0 saturated heterocycles. The SMILES string of the molecule is COC(C#P)c1ccccc1.[H-].[Na+]. The average molecular weight is 188 g/mol. The second kappa shape index (κ2) is 6.86. The molecule has 0 aliphatic heterocycles. The van der Waals surface area contributed by atoms with Crippen molar-refractivity contribution in [2.24, 2.45) is 0 Å². The first-order valence-corrected chi connectivity index (χ1v) is 3.80. The van der Waals surface area contributed by atoms with Crippen molar-refractivity contribution < 1.29 is 35.7 Å². The Morgan fingerprint density at radius 1 is 1.42 bits per heavy atom. The molecule has 0 aliphatic carbocycles. The van der Waals surface area contributed by atoms with Gasteiger partial charge in [-0.1, -0.05) is 0 Å². The first-order valence-electron chi connectivity index (χ1n) is 3.36. The molecule has 0 fully saturated rings. The molecule has 0 aliphatic rings. The third-order valence-electron chi connectivity index (χ3n) is 1.46. The van der Waals surface area contributed by atoms with Crippen LogP contribution >= 0.6 is 8.70 Å². The van der Waals surface area contributed by atoms with E-state index in [1.807, 2.05) is 30.3 Å². The zero-order chi connectivity index (χ0) is 8.10. The van der Waals surface area contributed by atoms with Gasteiger partial charge >= 0.3 is 97.7 Å². The second-order valence-corrected chi connectivity index (χ2v) is 2.41. The maximum Gasteiger partial charge on any atom is 1.00 e. The summed E-state index contributed by atoms with van der Waals surface area (Å²) in [5.74, 6) is 0. The predicted molar refractivity (Wildman–Crippen MR) is 48.1 cm³/mol. The van der Waals surface area contributed by atoms with E-state index < -0.39 is 0 Å². The third kappa shape index (κ3) is 3.41. The molecule has 0 spiro atoms. The summed E-state index contributed by atoms with van der Waals surface area (Å²) in [5.41, 5.74) is 3.81. The van der Waals surface area contributed by atoms with E-state index in [9.17, 15) is 0 Å². The number of rotatable bonds is 2. The van der Waals surface area contributed by atoms with Crippen LogP contribution in [0.4, 0.5) is 0 Å². The van der Waals surface area contributed by atoms with Gasteiger partial charge in [-0.2, -0.15) is 0 Å². The van der Waals surface area contributed by atoms with Crippen molar-refractivity contribution in [3.63, 3.8) is 0 Å². The molecule has 0 amide bonds. The Balaban J connectivity index is 0. The van der Waals surface area contributed by atoms with Crippen LogP contribution in [0.25, 0.3) is 0 Å². The van der Waals surface area contributed by atoms with Crippen LogP contribution in [0, 0.1) is 5.63 Å². The summed E-state index contributed by atoms with van der Waals surface area (Å²) in [4.78, 5) is 0. The Morgan fingerprint density at radius 3 is 2.42 bits per heavy atom. The van der Waals surface area contributed by atoms with Crippen molar-refractivity contribution in [3.8, 4) is 5.63 Å². The molecule has 0 saturated carbocycles. The van der Waals surface area contributed by atoms with Crippen molar-refractivity contribution in [3.05, 3.63) is 35.9 Å². The number of ether oxygens (including phenoxy) is 1. The van der Waals surface area contributed by atoms with Gasteiger partial charge in [-0.15, -0.1) is 0 Å². The summed E-state index contributed by atoms with van der Waals surface area (Å²) in [6.07, 6.45) is -0.125. The van der Waals surface area contributed by atoms with Gasteiger partial charge in [0.15, 0.2) is 0 Å². The van der Waals surface area contributed by atoms with Crippen molar-refractivity contribution in [1.29, 1.82) is 0 Å². The molecule has 0 N–H and O–H groups in total. The normalized spacial score (nSPS) is 11.0. The molecule has 58 valence electrons. The molecule has 0 heterocycles. The van der Waals surface area contributed by atoms with E-state index in [1.165, 1.54) is 0 Å². The predicted octanol–water partition coefficient (Wildman–Crippen LogP) is -0.140. The van der Waals surface area contributed by atoms with Crippen LogP contribution in [-0.2, 0) is 4.74 Å². The summed E-state index contributed by atoms with van der Waals surface area (Å²) in [6, 6.07) is 9.86. The fourth-order valence-corrected chi connectivity index (χ4v) is 1.15. The van der Waals surface area contributed by atoms with E-state index in [1.54, 1.807) is 7.11 Å². The zero-order valence-electron chi connectivity index (χ0n) is 8.32. The molecule has 1 nitrogen and oxygen atoms in total. The van der Waals surface area contributed by atoms with E-state index in [0.717, 1.165) is 5.56 Å². The van der Waals surface area contributed by atoms with Crippen molar-refractivity contribution in [1.82, 2.24) is 0 Å². The molecule has 0 bridgehead atoms. The van der Waals surface area contributed by atoms with Gasteiger partial charge in [0.25, 0.3) is 0 Å². The van der Waals surface area contributed by atoms with Gasteiger partial charge in [0.1, 0.15) is 0 Å². The molecule has 1 atom stereocenters. The van der Waals surface area contributed by atoms with Crippen LogP contribution in [-0.4, -0.2) is 7.11 Å². The molecule has 0 radical (unpaired) electrons. The van der Waals surface area contributed by atoms with Gasteiger partial charge in [0.05, 0.1) is 0 Å². The van der Waals surface area contributed by atoms with Crippen molar-refractivity contribution in [2.75, 3.05) is 7.11 Å². The summed E-state index contributed by atoms with van der Waals surface area (Å²) in [5, 5.41) is 0. The molecule has 3 heteroatoms. The van der Waals surface area contributed by atoms with Crippen LogP contribution in [0.15, 0.2) is 30.3 Å². The van der Waals surface area contributed by atoms with Crippen LogP contribution in [0.5, 0.6) is 0 Å². The molecular weight excluding hydrogens is 178 g/mol. The minimum Gasteiger partial charge on any atom is -1.00 e. The van der Waals surface area contributed by atoms with Gasteiger partial charge in [-0.25, -0.2) is 0 Å². The number of benzene rings is 1. The van der Waals surface area contributed by atoms with Gasteiger partial charge in [0.2, 0.25) is 0 Å². The summed E-state index contributed by atoms with van der Waals surface area (Å²) < 4.78 is 5.10. The van der Waals surface area contributed by atoms with Crippen LogP contribution < -0.4 is 29.6 Å². The first-order chi connectivity index (χ1) is 5.38. The second-order valence-electron chi connectivity index (χ2n) is 2.16. The van der Waals surface area contributed by atoms with E-state index in [2.05, 4.69) is 14.3 Å². The van der Waals surface area contributed by atoms with Gasteiger partial charge in [-0.05, 0) is 0 Å². The average Bonchev–Trinajstić information content (AvgIpc) is 2.09. The number of hydrogen-bond donors (Lipinski definition) is 0. The maximum atomic E-state index is 5.10. The van der Waals surface area contributed by atoms with Crippen LogP contribution in [0.1, 0.15) is 13.1 Å². The number of methoxy groups -OCH3 is 1. The van der Waals surface area contributed by atoms with Crippen molar-refractivity contribution in [2.45, 2.75) is 6.10 Å². The minimum absolute atomic E-state index is 0. The van der Waals surface area contributed by atoms with Gasteiger partial charge < -0.3 is 1.43 Å². The molecule has 1 unspecified atom stereocenters.